The second-order valence-electron chi connectivity index (χ2n) is 4.99. The number of nitrogens with zero attached hydrogens (tertiary/aromatic N) is 1. The molecule has 2 aromatic rings. The van der Waals surface area contributed by atoms with Crippen LogP contribution in [0, 0.1) is 0 Å². The molecule has 1 aromatic carbocycles. The van der Waals surface area contributed by atoms with Crippen LogP contribution in [0.2, 0.25) is 0 Å². The van der Waals surface area contributed by atoms with Crippen LogP contribution in [0.5, 0.6) is 0 Å². The third-order valence-electron chi connectivity index (χ3n) is 3.65. The maximum Gasteiger partial charge on any atom is 0.0747 e. The second-order valence-corrected chi connectivity index (χ2v) is 4.99. The zero-order valence-corrected chi connectivity index (χ0v) is 10.9. The standard InChI is InChI=1S/C15H19N3O/c16-14-4-5-15(13-10-17-7-6-12(13)14)18-9-11-3-1-2-8-19-11/h4-7,10-11,18H,1-3,8-9,16H2. The molecule has 0 radical (unpaired) electrons. The summed E-state index contributed by atoms with van der Waals surface area (Å²) in [4.78, 5) is 4.18. The molecule has 0 aliphatic carbocycles. The van der Waals surface area contributed by atoms with Gasteiger partial charge in [-0.3, -0.25) is 4.98 Å². The molecule has 3 rings (SSSR count). The lowest BCUT2D eigenvalue weighted by molar-refractivity contribution is 0.0248. The molecular formula is C15H19N3O. The van der Waals surface area contributed by atoms with Gasteiger partial charge in [-0.2, -0.15) is 0 Å². The van der Waals surface area contributed by atoms with E-state index in [9.17, 15) is 0 Å². The normalized spacial score (nSPS) is 19.5. The van der Waals surface area contributed by atoms with Crippen molar-refractivity contribution >= 4 is 22.1 Å². The van der Waals surface area contributed by atoms with Crippen LogP contribution in [0.4, 0.5) is 11.4 Å². The highest BCUT2D eigenvalue weighted by Gasteiger charge is 2.14. The van der Waals surface area contributed by atoms with Crippen molar-refractivity contribution in [1.29, 1.82) is 0 Å². The second kappa shape index (κ2) is 5.45. The van der Waals surface area contributed by atoms with Gasteiger partial charge in [-0.15, -0.1) is 0 Å². The molecule has 1 aliphatic rings. The number of nitrogens with two attached hydrogens (primary N) is 1. The van der Waals surface area contributed by atoms with Gasteiger partial charge in [0.05, 0.1) is 6.10 Å². The van der Waals surface area contributed by atoms with E-state index in [0.717, 1.165) is 41.7 Å². The molecule has 1 atom stereocenters. The van der Waals surface area contributed by atoms with E-state index in [0.29, 0.717) is 6.10 Å². The van der Waals surface area contributed by atoms with Crippen molar-refractivity contribution in [2.45, 2.75) is 25.4 Å². The maximum absolute atomic E-state index is 5.98. The lowest BCUT2D eigenvalue weighted by atomic mass is 10.1. The van der Waals surface area contributed by atoms with Crippen LogP contribution in [-0.2, 0) is 4.74 Å². The van der Waals surface area contributed by atoms with Crippen molar-refractivity contribution in [3.63, 3.8) is 0 Å². The molecule has 1 aromatic heterocycles. The largest absolute Gasteiger partial charge is 0.398 e. The Balaban J connectivity index is 1.79. The molecule has 3 N–H and O–H groups in total. The highest BCUT2D eigenvalue weighted by Crippen LogP contribution is 2.27. The summed E-state index contributed by atoms with van der Waals surface area (Å²) < 4.78 is 5.73. The summed E-state index contributed by atoms with van der Waals surface area (Å²) in [6, 6.07) is 5.90. The molecule has 2 heterocycles. The van der Waals surface area contributed by atoms with Gasteiger partial charge in [-0.1, -0.05) is 0 Å². The van der Waals surface area contributed by atoms with Crippen molar-refractivity contribution in [3.8, 4) is 0 Å². The van der Waals surface area contributed by atoms with Crippen molar-refractivity contribution in [1.82, 2.24) is 4.98 Å². The number of nitrogens with one attached hydrogen (secondary N) is 1. The van der Waals surface area contributed by atoms with Gasteiger partial charge >= 0.3 is 0 Å². The van der Waals surface area contributed by atoms with Gasteiger partial charge in [0.2, 0.25) is 0 Å². The maximum atomic E-state index is 5.98. The molecule has 0 amide bonds. The number of benzene rings is 1. The zero-order chi connectivity index (χ0) is 13.1. The monoisotopic (exact) mass is 257 g/mol. The summed E-state index contributed by atoms with van der Waals surface area (Å²) in [5.41, 5.74) is 7.85. The molecule has 19 heavy (non-hydrogen) atoms. The smallest absolute Gasteiger partial charge is 0.0747 e. The van der Waals surface area contributed by atoms with E-state index in [1.54, 1.807) is 6.20 Å². The summed E-state index contributed by atoms with van der Waals surface area (Å²) in [6.45, 7) is 1.73. The van der Waals surface area contributed by atoms with Gasteiger partial charge in [0.15, 0.2) is 0 Å². The Bertz CT molecular complexity index is 564. The SMILES string of the molecule is Nc1ccc(NCC2CCCCO2)c2cnccc12. The highest BCUT2D eigenvalue weighted by atomic mass is 16.5. The van der Waals surface area contributed by atoms with E-state index in [2.05, 4.69) is 10.3 Å². The molecule has 1 fully saturated rings. The lowest BCUT2D eigenvalue weighted by Gasteiger charge is -2.23. The molecule has 0 spiro atoms. The van der Waals surface area contributed by atoms with Gasteiger partial charge in [0.1, 0.15) is 0 Å². The average molecular weight is 257 g/mol. The third kappa shape index (κ3) is 2.63. The first-order valence-corrected chi connectivity index (χ1v) is 6.82. The van der Waals surface area contributed by atoms with E-state index in [1.165, 1.54) is 12.8 Å². The van der Waals surface area contributed by atoms with Crippen LogP contribution < -0.4 is 11.1 Å². The molecule has 1 saturated heterocycles. The van der Waals surface area contributed by atoms with Gasteiger partial charge in [-0.05, 0) is 37.5 Å². The van der Waals surface area contributed by atoms with Crippen LogP contribution in [0.3, 0.4) is 0 Å². The van der Waals surface area contributed by atoms with E-state index >= 15 is 0 Å². The molecule has 100 valence electrons. The molecule has 0 saturated carbocycles. The zero-order valence-electron chi connectivity index (χ0n) is 10.9. The first-order chi connectivity index (χ1) is 9.34. The number of hydrogen-bond acceptors (Lipinski definition) is 4. The number of aromatic nitrogens is 1. The number of nitrogen functional groups attached to an aromatic ring is 1. The summed E-state index contributed by atoms with van der Waals surface area (Å²) in [5, 5.41) is 5.58. The Hall–Kier alpha value is -1.81. The molecule has 1 unspecified atom stereocenters. The number of fused-ring (bicyclic) bond motifs is 1. The highest BCUT2D eigenvalue weighted by molar-refractivity contribution is 6.00. The number of ether oxygens (including phenoxy) is 1. The van der Waals surface area contributed by atoms with Crippen LogP contribution in [0.15, 0.2) is 30.6 Å². The molecule has 0 bridgehead atoms. The number of hydrogen-bond donors (Lipinski definition) is 2. The van der Waals surface area contributed by atoms with Gasteiger partial charge < -0.3 is 15.8 Å². The molecule has 1 aliphatic heterocycles. The van der Waals surface area contributed by atoms with E-state index in [1.807, 2.05) is 24.4 Å². The summed E-state index contributed by atoms with van der Waals surface area (Å²) >= 11 is 0. The summed E-state index contributed by atoms with van der Waals surface area (Å²) in [6.07, 6.45) is 7.53. The quantitative estimate of drug-likeness (QED) is 0.830. The fraction of sp³-hybridized carbons (Fsp3) is 0.400. The van der Waals surface area contributed by atoms with Crippen molar-refractivity contribution in [3.05, 3.63) is 30.6 Å². The van der Waals surface area contributed by atoms with Crippen LogP contribution in [0.25, 0.3) is 10.8 Å². The minimum absolute atomic E-state index is 0.318. The minimum atomic E-state index is 0.318. The van der Waals surface area contributed by atoms with Crippen molar-refractivity contribution < 1.29 is 4.74 Å². The van der Waals surface area contributed by atoms with Gasteiger partial charge in [0, 0.05) is 47.7 Å². The van der Waals surface area contributed by atoms with E-state index in [4.69, 9.17) is 10.5 Å². The van der Waals surface area contributed by atoms with Crippen LogP contribution in [-0.4, -0.2) is 24.2 Å². The average Bonchev–Trinajstić information content (AvgIpc) is 2.48. The molecular weight excluding hydrogens is 238 g/mol. The van der Waals surface area contributed by atoms with E-state index < -0.39 is 0 Å². The predicted molar refractivity (Wildman–Crippen MR) is 78.2 cm³/mol. The topological polar surface area (TPSA) is 60.2 Å². The van der Waals surface area contributed by atoms with Crippen LogP contribution in [0.1, 0.15) is 19.3 Å². The first kappa shape index (κ1) is 12.2. The fourth-order valence-electron chi connectivity index (χ4n) is 2.56. The number of rotatable bonds is 3. The Morgan fingerprint density at radius 3 is 3.05 bits per heavy atom. The Kier molecular flexibility index (Phi) is 3.51. The fourth-order valence-corrected chi connectivity index (χ4v) is 2.56. The van der Waals surface area contributed by atoms with Gasteiger partial charge in [0.25, 0.3) is 0 Å². The number of pyridine rings is 1. The lowest BCUT2D eigenvalue weighted by Crippen LogP contribution is -2.27. The summed E-state index contributed by atoms with van der Waals surface area (Å²) in [5.74, 6) is 0. The Labute approximate surface area is 113 Å². The minimum Gasteiger partial charge on any atom is -0.398 e. The third-order valence-corrected chi connectivity index (χ3v) is 3.65. The van der Waals surface area contributed by atoms with Gasteiger partial charge in [-0.25, -0.2) is 0 Å². The van der Waals surface area contributed by atoms with Crippen molar-refractivity contribution in [2.75, 3.05) is 24.2 Å². The first-order valence-electron chi connectivity index (χ1n) is 6.82. The summed E-state index contributed by atoms with van der Waals surface area (Å²) in [7, 11) is 0. The molecule has 4 heteroatoms. The number of anilines is 2. The Morgan fingerprint density at radius 2 is 2.21 bits per heavy atom. The predicted octanol–water partition coefficient (Wildman–Crippen LogP) is 2.80. The Morgan fingerprint density at radius 1 is 1.26 bits per heavy atom. The van der Waals surface area contributed by atoms with E-state index in [-0.39, 0.29) is 0 Å². The van der Waals surface area contributed by atoms with Crippen molar-refractivity contribution in [2.24, 2.45) is 0 Å². The van der Waals surface area contributed by atoms with Crippen LogP contribution >= 0.6 is 0 Å². The molecule has 4 nitrogen and oxygen atoms in total.